The lowest BCUT2D eigenvalue weighted by Gasteiger charge is -2.04. The molecule has 1 aromatic carbocycles. The van der Waals surface area contributed by atoms with E-state index in [4.69, 9.17) is 16.7 Å². The molecule has 1 heterocycles. The van der Waals surface area contributed by atoms with Gasteiger partial charge in [0.1, 0.15) is 5.69 Å². The lowest BCUT2D eigenvalue weighted by atomic mass is 10.0. The first kappa shape index (κ1) is 14.2. The van der Waals surface area contributed by atoms with Crippen molar-refractivity contribution >= 4 is 40.1 Å². The molecule has 20 heavy (non-hydrogen) atoms. The van der Waals surface area contributed by atoms with Crippen LogP contribution in [0, 0.1) is 0 Å². The molecule has 0 amide bonds. The Bertz CT molecular complexity index is 693. The van der Waals surface area contributed by atoms with Gasteiger partial charge in [-0.25, -0.2) is 4.79 Å². The molecule has 4 N–H and O–H groups in total. The van der Waals surface area contributed by atoms with Crippen LogP contribution < -0.4 is 5.32 Å². The zero-order valence-electron chi connectivity index (χ0n) is 10.7. The minimum atomic E-state index is -1.14. The number of H-pyrrole nitrogens is 1. The van der Waals surface area contributed by atoms with E-state index in [1.807, 2.05) is 0 Å². The summed E-state index contributed by atoms with van der Waals surface area (Å²) in [7, 11) is 1.73. The van der Waals surface area contributed by atoms with Gasteiger partial charge in [0, 0.05) is 30.1 Å². The Morgan fingerprint density at radius 2 is 2.05 bits per heavy atom. The van der Waals surface area contributed by atoms with Crippen LogP contribution in [-0.2, 0) is 11.2 Å². The van der Waals surface area contributed by atoms with Gasteiger partial charge in [0.05, 0.1) is 5.02 Å². The third-order valence-electron chi connectivity index (χ3n) is 3.04. The van der Waals surface area contributed by atoms with Crippen molar-refractivity contribution in [3.8, 4) is 0 Å². The summed E-state index contributed by atoms with van der Waals surface area (Å²) in [6.07, 6.45) is -0.0487. The molecule has 0 saturated carbocycles. The van der Waals surface area contributed by atoms with Gasteiger partial charge in [-0.2, -0.15) is 0 Å². The molecular formula is C13H13ClN2O4. The predicted molar refractivity (Wildman–Crippen MR) is 75.8 cm³/mol. The maximum Gasteiger partial charge on any atom is 0.352 e. The topological polar surface area (TPSA) is 102 Å². The molecule has 7 heteroatoms. The highest BCUT2D eigenvalue weighted by Crippen LogP contribution is 2.33. The molecule has 0 radical (unpaired) electrons. The van der Waals surface area contributed by atoms with Gasteiger partial charge < -0.3 is 20.5 Å². The van der Waals surface area contributed by atoms with Crippen LogP contribution in [0.1, 0.15) is 22.5 Å². The number of aromatic carboxylic acids is 1. The van der Waals surface area contributed by atoms with Crippen LogP contribution in [-0.4, -0.2) is 34.2 Å². The number of fused-ring (bicyclic) bond motifs is 1. The molecule has 0 atom stereocenters. The normalized spacial score (nSPS) is 10.7. The molecule has 0 aliphatic carbocycles. The summed E-state index contributed by atoms with van der Waals surface area (Å²) in [4.78, 5) is 24.7. The Balaban J connectivity index is 2.64. The van der Waals surface area contributed by atoms with Gasteiger partial charge in [0.25, 0.3) is 0 Å². The fraction of sp³-hybridized carbons (Fsp3) is 0.231. The van der Waals surface area contributed by atoms with E-state index in [0.717, 1.165) is 5.69 Å². The van der Waals surface area contributed by atoms with E-state index in [1.54, 1.807) is 19.2 Å². The molecule has 0 aliphatic heterocycles. The van der Waals surface area contributed by atoms with E-state index >= 15 is 0 Å². The minimum absolute atomic E-state index is 0.0172. The maximum absolute atomic E-state index is 11.3. The number of aryl methyl sites for hydroxylation is 1. The zero-order valence-corrected chi connectivity index (χ0v) is 11.4. The Kier molecular flexibility index (Phi) is 3.85. The highest BCUT2D eigenvalue weighted by Gasteiger charge is 2.20. The smallest absolute Gasteiger partial charge is 0.352 e. The van der Waals surface area contributed by atoms with Crippen molar-refractivity contribution < 1.29 is 19.8 Å². The van der Waals surface area contributed by atoms with E-state index in [2.05, 4.69) is 10.3 Å². The number of nitrogens with one attached hydrogen (secondary N) is 2. The standard InChI is InChI=1S/C13H13ClN2O4/c1-15-6-4-8(14)11-7(2-3-10(17)18)12(13(19)20)16-9(11)5-6/h4-5,15-16H,2-3H2,1H3,(H,17,18)(H,19,20). The number of hydrogen-bond donors (Lipinski definition) is 4. The fourth-order valence-corrected chi connectivity index (χ4v) is 2.49. The number of aromatic amines is 1. The van der Waals surface area contributed by atoms with Gasteiger partial charge in [0.2, 0.25) is 0 Å². The summed E-state index contributed by atoms with van der Waals surface area (Å²) in [6, 6.07) is 3.41. The molecule has 2 rings (SSSR count). The van der Waals surface area contributed by atoms with Gasteiger partial charge in [-0.15, -0.1) is 0 Å². The summed E-state index contributed by atoms with van der Waals surface area (Å²) >= 11 is 6.18. The molecular weight excluding hydrogens is 284 g/mol. The van der Waals surface area contributed by atoms with Gasteiger partial charge in [-0.3, -0.25) is 4.79 Å². The number of carboxylic acid groups (broad SMARTS) is 2. The number of benzene rings is 1. The molecule has 0 aliphatic rings. The van der Waals surface area contributed by atoms with Crippen molar-refractivity contribution in [1.82, 2.24) is 4.98 Å². The van der Waals surface area contributed by atoms with Crippen molar-refractivity contribution in [3.63, 3.8) is 0 Å². The quantitative estimate of drug-likeness (QED) is 0.679. The first-order valence-corrected chi connectivity index (χ1v) is 6.28. The Hall–Kier alpha value is -2.21. The van der Waals surface area contributed by atoms with Gasteiger partial charge in [-0.1, -0.05) is 11.6 Å². The number of rotatable bonds is 5. The van der Waals surface area contributed by atoms with E-state index in [-0.39, 0.29) is 18.5 Å². The summed E-state index contributed by atoms with van der Waals surface area (Å²) in [5.41, 5.74) is 1.71. The first-order valence-electron chi connectivity index (χ1n) is 5.91. The molecule has 106 valence electrons. The molecule has 0 fully saturated rings. The van der Waals surface area contributed by atoms with Crippen molar-refractivity contribution in [2.75, 3.05) is 12.4 Å². The fourth-order valence-electron chi connectivity index (χ4n) is 2.16. The van der Waals surface area contributed by atoms with Crippen LogP contribution in [0.15, 0.2) is 12.1 Å². The SMILES string of the molecule is CNc1cc(Cl)c2c(CCC(=O)O)c(C(=O)O)[nH]c2c1. The lowest BCUT2D eigenvalue weighted by Crippen LogP contribution is -2.04. The summed E-state index contributed by atoms with van der Waals surface area (Å²) in [5, 5.41) is 21.8. The van der Waals surface area contributed by atoms with Crippen LogP contribution in [0.3, 0.4) is 0 Å². The van der Waals surface area contributed by atoms with Gasteiger partial charge >= 0.3 is 11.9 Å². The molecule has 0 bridgehead atoms. The number of carboxylic acids is 2. The largest absolute Gasteiger partial charge is 0.481 e. The number of anilines is 1. The number of aromatic nitrogens is 1. The second-order valence-corrected chi connectivity index (χ2v) is 4.72. The molecule has 0 saturated heterocycles. The van der Waals surface area contributed by atoms with E-state index in [0.29, 0.717) is 21.5 Å². The lowest BCUT2D eigenvalue weighted by molar-refractivity contribution is -0.136. The van der Waals surface area contributed by atoms with Crippen LogP contribution in [0.2, 0.25) is 5.02 Å². The van der Waals surface area contributed by atoms with Crippen LogP contribution in [0.5, 0.6) is 0 Å². The number of hydrogen-bond acceptors (Lipinski definition) is 3. The summed E-state index contributed by atoms with van der Waals surface area (Å²) < 4.78 is 0. The van der Waals surface area contributed by atoms with Crippen LogP contribution >= 0.6 is 11.6 Å². The van der Waals surface area contributed by atoms with Crippen molar-refractivity contribution in [2.45, 2.75) is 12.8 Å². The van der Waals surface area contributed by atoms with Crippen molar-refractivity contribution in [2.24, 2.45) is 0 Å². The third-order valence-corrected chi connectivity index (χ3v) is 3.34. The number of halogens is 1. The first-order chi connectivity index (χ1) is 9.43. The van der Waals surface area contributed by atoms with E-state index < -0.39 is 11.9 Å². The Morgan fingerprint density at radius 3 is 2.60 bits per heavy atom. The molecule has 2 aromatic rings. The highest BCUT2D eigenvalue weighted by molar-refractivity contribution is 6.36. The molecule has 0 spiro atoms. The second-order valence-electron chi connectivity index (χ2n) is 4.31. The van der Waals surface area contributed by atoms with Crippen molar-refractivity contribution in [1.29, 1.82) is 0 Å². The molecule has 6 nitrogen and oxygen atoms in total. The van der Waals surface area contributed by atoms with Crippen LogP contribution in [0.4, 0.5) is 5.69 Å². The van der Waals surface area contributed by atoms with E-state index in [1.165, 1.54) is 0 Å². The van der Waals surface area contributed by atoms with Crippen molar-refractivity contribution in [3.05, 3.63) is 28.4 Å². The second kappa shape index (κ2) is 5.42. The highest BCUT2D eigenvalue weighted by atomic mass is 35.5. The average molecular weight is 297 g/mol. The monoisotopic (exact) mass is 296 g/mol. The summed E-state index contributed by atoms with van der Waals surface area (Å²) in [5.74, 6) is -2.12. The Morgan fingerprint density at radius 1 is 1.35 bits per heavy atom. The number of carbonyl (C=O) groups is 2. The summed E-state index contributed by atoms with van der Waals surface area (Å²) in [6.45, 7) is 0. The van der Waals surface area contributed by atoms with E-state index in [9.17, 15) is 14.7 Å². The predicted octanol–water partition coefficient (Wildman–Crippen LogP) is 2.58. The zero-order chi connectivity index (χ0) is 14.9. The Labute approximate surface area is 119 Å². The maximum atomic E-state index is 11.3. The third kappa shape index (κ3) is 2.55. The molecule has 0 unspecified atom stereocenters. The van der Waals surface area contributed by atoms with Crippen LogP contribution in [0.25, 0.3) is 10.9 Å². The van der Waals surface area contributed by atoms with Gasteiger partial charge in [0.15, 0.2) is 0 Å². The van der Waals surface area contributed by atoms with Gasteiger partial charge in [-0.05, 0) is 24.1 Å². The number of aliphatic carboxylic acids is 1. The minimum Gasteiger partial charge on any atom is -0.481 e. The average Bonchev–Trinajstić information content (AvgIpc) is 2.75. The molecule has 1 aromatic heterocycles.